The summed E-state index contributed by atoms with van der Waals surface area (Å²) in [6, 6.07) is 14.1. The number of aromatic nitrogens is 2. The third-order valence-electron chi connectivity index (χ3n) is 4.44. The van der Waals surface area contributed by atoms with E-state index in [-0.39, 0.29) is 6.04 Å². The standard InChI is InChI=1S/C18H16BrN3O2S/c19-15-3-5-16(6-4-15)25(23,24)22-13-12-21-11-1-2-17(21)18(22)14-7-9-20-10-8-14/h1-11,18H,12-13H2. The van der Waals surface area contributed by atoms with E-state index in [1.165, 1.54) is 0 Å². The lowest BCUT2D eigenvalue weighted by Gasteiger charge is -2.36. The van der Waals surface area contributed by atoms with Crippen molar-refractivity contribution >= 4 is 26.0 Å². The summed E-state index contributed by atoms with van der Waals surface area (Å²) in [4.78, 5) is 4.36. The molecule has 4 rings (SSSR count). The van der Waals surface area contributed by atoms with Crippen molar-refractivity contribution in [1.29, 1.82) is 0 Å². The number of benzene rings is 1. The monoisotopic (exact) mass is 417 g/mol. The van der Waals surface area contributed by atoms with Gasteiger partial charge in [-0.15, -0.1) is 0 Å². The van der Waals surface area contributed by atoms with E-state index in [4.69, 9.17) is 0 Å². The maximum absolute atomic E-state index is 13.3. The van der Waals surface area contributed by atoms with Gasteiger partial charge in [0.1, 0.15) is 0 Å². The molecular weight excluding hydrogens is 402 g/mol. The number of hydrogen-bond donors (Lipinski definition) is 0. The van der Waals surface area contributed by atoms with Crippen LogP contribution in [0.25, 0.3) is 0 Å². The van der Waals surface area contributed by atoms with E-state index in [2.05, 4.69) is 25.5 Å². The fourth-order valence-corrected chi connectivity index (χ4v) is 5.09. The lowest BCUT2D eigenvalue weighted by atomic mass is 10.0. The molecule has 128 valence electrons. The fourth-order valence-electron chi connectivity index (χ4n) is 3.25. The smallest absolute Gasteiger partial charge is 0.244 e. The predicted octanol–water partition coefficient (Wildman–Crippen LogP) is 3.44. The highest BCUT2D eigenvalue weighted by atomic mass is 79.9. The molecule has 0 N–H and O–H groups in total. The molecule has 1 aliphatic rings. The van der Waals surface area contributed by atoms with Crippen LogP contribution in [0.15, 0.2) is 76.5 Å². The van der Waals surface area contributed by atoms with Crippen LogP contribution in [0.1, 0.15) is 17.3 Å². The lowest BCUT2D eigenvalue weighted by molar-refractivity contribution is 0.298. The Bertz CT molecular complexity index is 985. The van der Waals surface area contributed by atoms with Gasteiger partial charge >= 0.3 is 0 Å². The molecule has 3 heterocycles. The summed E-state index contributed by atoms with van der Waals surface area (Å²) >= 11 is 3.35. The number of fused-ring (bicyclic) bond motifs is 1. The SMILES string of the molecule is O=S(=O)(c1ccc(Br)cc1)N1CCn2cccc2C1c1ccncc1. The molecule has 1 atom stereocenters. The van der Waals surface area contributed by atoms with E-state index < -0.39 is 10.0 Å². The fraction of sp³-hybridized carbons (Fsp3) is 0.167. The minimum atomic E-state index is -3.62. The van der Waals surface area contributed by atoms with Crippen LogP contribution in [-0.2, 0) is 16.6 Å². The molecule has 1 aromatic carbocycles. The largest absolute Gasteiger partial charge is 0.348 e. The molecule has 2 aromatic heterocycles. The van der Waals surface area contributed by atoms with Gasteiger partial charge in [-0.05, 0) is 54.1 Å². The molecule has 0 fully saturated rings. The van der Waals surface area contributed by atoms with Gasteiger partial charge in [-0.25, -0.2) is 8.42 Å². The zero-order valence-electron chi connectivity index (χ0n) is 13.3. The first kappa shape index (κ1) is 16.5. The number of pyridine rings is 1. The Morgan fingerprint density at radius 1 is 1.00 bits per heavy atom. The Labute approximate surface area is 155 Å². The summed E-state index contributed by atoms with van der Waals surface area (Å²) in [6.45, 7) is 1.06. The van der Waals surface area contributed by atoms with Crippen molar-refractivity contribution < 1.29 is 8.42 Å². The Hall–Kier alpha value is -1.96. The molecule has 25 heavy (non-hydrogen) atoms. The van der Waals surface area contributed by atoms with Crippen molar-refractivity contribution in [3.8, 4) is 0 Å². The molecule has 0 amide bonds. The van der Waals surface area contributed by atoms with Crippen LogP contribution in [0.2, 0.25) is 0 Å². The van der Waals surface area contributed by atoms with Gasteiger partial charge in [0.05, 0.1) is 10.9 Å². The number of sulfonamides is 1. The van der Waals surface area contributed by atoms with Gasteiger partial charge in [0.2, 0.25) is 10.0 Å². The summed E-state index contributed by atoms with van der Waals surface area (Å²) in [5, 5.41) is 0. The molecule has 0 spiro atoms. The molecule has 0 bridgehead atoms. The van der Waals surface area contributed by atoms with Gasteiger partial charge in [-0.3, -0.25) is 4.98 Å². The third kappa shape index (κ3) is 2.92. The quantitative estimate of drug-likeness (QED) is 0.655. The van der Waals surface area contributed by atoms with Gasteiger partial charge in [0.25, 0.3) is 0 Å². The minimum absolute atomic E-state index is 0.301. The van der Waals surface area contributed by atoms with E-state index in [1.54, 1.807) is 41.0 Å². The van der Waals surface area contributed by atoms with Crippen LogP contribution in [0.3, 0.4) is 0 Å². The van der Waals surface area contributed by atoms with E-state index in [0.717, 1.165) is 15.7 Å². The van der Waals surface area contributed by atoms with Gasteiger partial charge in [0.15, 0.2) is 0 Å². The van der Waals surface area contributed by atoms with Gasteiger partial charge in [-0.2, -0.15) is 4.31 Å². The Morgan fingerprint density at radius 3 is 2.44 bits per heavy atom. The second-order valence-electron chi connectivity index (χ2n) is 5.88. The van der Waals surface area contributed by atoms with Gasteiger partial charge in [-0.1, -0.05) is 15.9 Å². The van der Waals surface area contributed by atoms with Crippen LogP contribution in [-0.4, -0.2) is 28.8 Å². The highest BCUT2D eigenvalue weighted by Gasteiger charge is 2.37. The summed E-state index contributed by atoms with van der Waals surface area (Å²) in [7, 11) is -3.62. The molecule has 0 saturated heterocycles. The molecule has 1 unspecified atom stereocenters. The van der Waals surface area contributed by atoms with E-state index in [1.807, 2.05) is 30.5 Å². The first-order chi connectivity index (χ1) is 12.1. The summed E-state index contributed by atoms with van der Waals surface area (Å²) in [5.41, 5.74) is 1.88. The molecule has 7 heteroatoms. The highest BCUT2D eigenvalue weighted by Crippen LogP contribution is 2.36. The normalized spacial score (nSPS) is 18.0. The number of nitrogens with zero attached hydrogens (tertiary/aromatic N) is 3. The average molecular weight is 418 g/mol. The summed E-state index contributed by atoms with van der Waals surface area (Å²) < 4.78 is 31.1. The van der Waals surface area contributed by atoms with Crippen LogP contribution in [0.4, 0.5) is 0 Å². The first-order valence-corrected chi connectivity index (χ1v) is 10.1. The van der Waals surface area contributed by atoms with Crippen LogP contribution in [0.5, 0.6) is 0 Å². The van der Waals surface area contributed by atoms with Crippen molar-refractivity contribution in [3.05, 3.63) is 82.9 Å². The molecule has 0 saturated carbocycles. The Kier molecular flexibility index (Phi) is 4.23. The molecule has 1 aliphatic heterocycles. The molecule has 5 nitrogen and oxygen atoms in total. The molecule has 3 aromatic rings. The molecule has 0 radical (unpaired) electrons. The van der Waals surface area contributed by atoms with Crippen molar-refractivity contribution in [3.63, 3.8) is 0 Å². The predicted molar refractivity (Wildman–Crippen MR) is 98.5 cm³/mol. The van der Waals surface area contributed by atoms with Crippen LogP contribution in [0, 0.1) is 0 Å². The van der Waals surface area contributed by atoms with E-state index >= 15 is 0 Å². The highest BCUT2D eigenvalue weighted by molar-refractivity contribution is 9.10. The Morgan fingerprint density at radius 2 is 1.72 bits per heavy atom. The van der Waals surface area contributed by atoms with E-state index in [9.17, 15) is 8.42 Å². The maximum atomic E-state index is 13.3. The second kappa shape index (κ2) is 6.40. The Balaban J connectivity index is 1.84. The van der Waals surface area contributed by atoms with Gasteiger partial charge < -0.3 is 4.57 Å². The first-order valence-electron chi connectivity index (χ1n) is 7.90. The van der Waals surface area contributed by atoms with E-state index in [0.29, 0.717) is 18.0 Å². The maximum Gasteiger partial charge on any atom is 0.244 e. The van der Waals surface area contributed by atoms with Crippen LogP contribution >= 0.6 is 15.9 Å². The number of halogens is 1. The number of hydrogen-bond acceptors (Lipinski definition) is 3. The lowest BCUT2D eigenvalue weighted by Crippen LogP contribution is -2.42. The molecular formula is C18H16BrN3O2S. The number of rotatable bonds is 3. The second-order valence-corrected chi connectivity index (χ2v) is 8.69. The zero-order valence-corrected chi connectivity index (χ0v) is 15.7. The van der Waals surface area contributed by atoms with Crippen LogP contribution < -0.4 is 0 Å². The van der Waals surface area contributed by atoms with Crippen molar-refractivity contribution in [1.82, 2.24) is 13.9 Å². The summed E-state index contributed by atoms with van der Waals surface area (Å²) in [6.07, 6.45) is 5.39. The van der Waals surface area contributed by atoms with Crippen molar-refractivity contribution in [2.24, 2.45) is 0 Å². The zero-order chi connectivity index (χ0) is 17.4. The van der Waals surface area contributed by atoms with Crippen molar-refractivity contribution in [2.75, 3.05) is 6.54 Å². The van der Waals surface area contributed by atoms with Gasteiger partial charge in [0, 0.05) is 41.8 Å². The topological polar surface area (TPSA) is 55.2 Å². The molecule has 0 aliphatic carbocycles. The average Bonchev–Trinajstić information content (AvgIpc) is 3.10. The third-order valence-corrected chi connectivity index (χ3v) is 6.84. The minimum Gasteiger partial charge on any atom is -0.348 e. The van der Waals surface area contributed by atoms with Crippen molar-refractivity contribution in [2.45, 2.75) is 17.5 Å². The summed E-state index contributed by atoms with van der Waals surface area (Å²) in [5.74, 6) is 0.